The Morgan fingerprint density at radius 2 is 1.71 bits per heavy atom. The third-order valence-corrected chi connectivity index (χ3v) is 8.00. The molecule has 1 aromatic carbocycles. The van der Waals surface area contributed by atoms with Crippen molar-refractivity contribution in [1.29, 1.82) is 0 Å². The summed E-state index contributed by atoms with van der Waals surface area (Å²) in [7, 11) is 0. The maximum Gasteiger partial charge on any atom is 0.314 e. The first kappa shape index (κ1) is 21.0. The minimum Gasteiger partial charge on any atom is -0.427 e. The molecule has 31 heavy (non-hydrogen) atoms. The van der Waals surface area contributed by atoms with Crippen molar-refractivity contribution in [3.05, 3.63) is 40.6 Å². The van der Waals surface area contributed by atoms with Crippen molar-refractivity contribution in [2.75, 3.05) is 19.5 Å². The SMILES string of the molecule is CSN1C(=O)C(c2c(C)cccc2C)=C(OC(=O)C2CC2)C12CCC1(CC2)OCCO1. The number of aryl methyl sites for hydroxylation is 2. The maximum absolute atomic E-state index is 13.8. The highest BCUT2D eigenvalue weighted by atomic mass is 32.2. The van der Waals surface area contributed by atoms with Gasteiger partial charge in [0.15, 0.2) is 5.79 Å². The summed E-state index contributed by atoms with van der Waals surface area (Å²) in [4.78, 5) is 26.6. The molecule has 166 valence electrons. The van der Waals surface area contributed by atoms with Gasteiger partial charge in [0, 0.05) is 19.1 Å². The molecule has 0 bridgehead atoms. The van der Waals surface area contributed by atoms with E-state index in [2.05, 4.69) is 0 Å². The number of benzene rings is 1. The Bertz CT molecular complexity index is 930. The first-order chi connectivity index (χ1) is 14.9. The number of ether oxygens (including phenoxy) is 3. The molecule has 0 N–H and O–H groups in total. The standard InChI is InChI=1S/C24H29NO5S/c1-15-5-4-6-16(2)18(15)19-20(30-22(27)17-7-8-17)23(25(31-3)21(19)26)9-11-24(12-10-23)28-13-14-29-24/h4-6,17H,7-14H2,1-3H3. The molecule has 3 fully saturated rings. The number of hydrogen-bond acceptors (Lipinski definition) is 6. The van der Waals surface area contributed by atoms with Crippen molar-refractivity contribution in [3.8, 4) is 0 Å². The summed E-state index contributed by atoms with van der Waals surface area (Å²) in [6.45, 7) is 5.22. The molecule has 0 radical (unpaired) electrons. The molecule has 1 saturated heterocycles. The van der Waals surface area contributed by atoms with E-state index >= 15 is 0 Å². The fraction of sp³-hybridized carbons (Fsp3) is 0.583. The third-order valence-electron chi connectivity index (χ3n) is 7.12. The number of esters is 1. The van der Waals surface area contributed by atoms with Crippen LogP contribution in [0.5, 0.6) is 0 Å². The Hall–Kier alpha value is -1.83. The molecule has 4 aliphatic rings. The molecule has 6 nitrogen and oxygen atoms in total. The van der Waals surface area contributed by atoms with Crippen LogP contribution in [0.4, 0.5) is 0 Å². The van der Waals surface area contributed by atoms with Crippen molar-refractivity contribution >= 4 is 29.4 Å². The van der Waals surface area contributed by atoms with Crippen LogP contribution in [0.3, 0.4) is 0 Å². The van der Waals surface area contributed by atoms with E-state index in [4.69, 9.17) is 14.2 Å². The Labute approximate surface area is 187 Å². The van der Waals surface area contributed by atoms with E-state index < -0.39 is 11.3 Å². The van der Waals surface area contributed by atoms with Gasteiger partial charge in [-0.1, -0.05) is 18.2 Å². The minimum absolute atomic E-state index is 0.0429. The van der Waals surface area contributed by atoms with Gasteiger partial charge in [-0.2, -0.15) is 0 Å². The van der Waals surface area contributed by atoms with E-state index in [0.717, 1.165) is 29.5 Å². The van der Waals surface area contributed by atoms with Crippen LogP contribution in [0.25, 0.3) is 5.57 Å². The average molecular weight is 444 g/mol. The molecule has 1 amide bonds. The van der Waals surface area contributed by atoms with Gasteiger partial charge in [-0.05, 0) is 68.2 Å². The van der Waals surface area contributed by atoms with Crippen molar-refractivity contribution in [3.63, 3.8) is 0 Å². The zero-order valence-electron chi connectivity index (χ0n) is 18.4. The van der Waals surface area contributed by atoms with Crippen LogP contribution < -0.4 is 0 Å². The highest BCUT2D eigenvalue weighted by Gasteiger charge is 2.59. The molecular formula is C24H29NO5S. The average Bonchev–Trinajstić information content (AvgIpc) is 3.47. The molecular weight excluding hydrogens is 414 g/mol. The van der Waals surface area contributed by atoms with Gasteiger partial charge >= 0.3 is 5.97 Å². The number of hydrogen-bond donors (Lipinski definition) is 0. The van der Waals surface area contributed by atoms with E-state index in [9.17, 15) is 9.59 Å². The minimum atomic E-state index is -0.661. The molecule has 7 heteroatoms. The normalized spacial score (nSPS) is 24.5. The smallest absolute Gasteiger partial charge is 0.314 e. The summed E-state index contributed by atoms with van der Waals surface area (Å²) < 4.78 is 19.9. The van der Waals surface area contributed by atoms with E-state index in [-0.39, 0.29) is 17.8 Å². The lowest BCUT2D eigenvalue weighted by atomic mass is 9.77. The highest BCUT2D eigenvalue weighted by Crippen LogP contribution is 2.55. The summed E-state index contributed by atoms with van der Waals surface area (Å²) in [5, 5.41) is 0. The fourth-order valence-electron chi connectivity index (χ4n) is 5.31. The van der Waals surface area contributed by atoms with Gasteiger partial charge < -0.3 is 14.2 Å². The molecule has 2 aliphatic carbocycles. The number of amides is 1. The van der Waals surface area contributed by atoms with Gasteiger partial charge in [0.1, 0.15) is 11.3 Å². The zero-order valence-corrected chi connectivity index (χ0v) is 19.2. The quantitative estimate of drug-likeness (QED) is 0.515. The second-order valence-corrected chi connectivity index (χ2v) is 9.82. The maximum atomic E-state index is 13.8. The zero-order chi connectivity index (χ0) is 21.8. The lowest BCUT2D eigenvalue weighted by molar-refractivity contribution is -0.189. The van der Waals surface area contributed by atoms with Crippen LogP contribution in [0.1, 0.15) is 55.2 Å². The third kappa shape index (κ3) is 3.33. The first-order valence-corrected chi connectivity index (χ1v) is 12.3. The van der Waals surface area contributed by atoms with Crippen LogP contribution in [-0.2, 0) is 23.8 Å². The predicted molar refractivity (Wildman–Crippen MR) is 118 cm³/mol. The molecule has 0 unspecified atom stereocenters. The van der Waals surface area contributed by atoms with Gasteiger partial charge in [0.25, 0.3) is 5.91 Å². The Morgan fingerprint density at radius 1 is 1.10 bits per heavy atom. The van der Waals surface area contributed by atoms with E-state index in [0.29, 0.717) is 50.2 Å². The van der Waals surface area contributed by atoms with Crippen molar-refractivity contribution in [2.24, 2.45) is 5.92 Å². The molecule has 1 aromatic rings. The number of rotatable bonds is 4. The molecule has 2 aliphatic heterocycles. The van der Waals surface area contributed by atoms with Crippen molar-refractivity contribution < 1.29 is 23.8 Å². The fourth-order valence-corrected chi connectivity index (χ4v) is 6.19. The Balaban J connectivity index is 1.63. The number of carbonyl (C=O) groups excluding carboxylic acids is 2. The van der Waals surface area contributed by atoms with Gasteiger partial charge in [-0.3, -0.25) is 13.9 Å². The number of carbonyl (C=O) groups is 2. The highest BCUT2D eigenvalue weighted by molar-refractivity contribution is 7.96. The summed E-state index contributed by atoms with van der Waals surface area (Å²) in [5.74, 6) is -0.353. The predicted octanol–water partition coefficient (Wildman–Crippen LogP) is 4.14. The lowest BCUT2D eigenvalue weighted by Crippen LogP contribution is -2.52. The van der Waals surface area contributed by atoms with Gasteiger partial charge in [-0.25, -0.2) is 0 Å². The van der Waals surface area contributed by atoms with Crippen LogP contribution >= 0.6 is 11.9 Å². The molecule has 2 heterocycles. The largest absolute Gasteiger partial charge is 0.427 e. The molecule has 5 rings (SSSR count). The van der Waals surface area contributed by atoms with Gasteiger partial charge in [-0.15, -0.1) is 0 Å². The summed E-state index contributed by atoms with van der Waals surface area (Å²) in [6, 6.07) is 6.01. The van der Waals surface area contributed by atoms with Gasteiger partial charge in [0.2, 0.25) is 0 Å². The Kier molecular flexibility index (Phi) is 5.19. The first-order valence-electron chi connectivity index (χ1n) is 11.1. The monoisotopic (exact) mass is 443 g/mol. The second kappa shape index (κ2) is 7.64. The van der Waals surface area contributed by atoms with Crippen LogP contribution in [-0.4, -0.2) is 47.0 Å². The number of nitrogens with zero attached hydrogens (tertiary/aromatic N) is 1. The Morgan fingerprint density at radius 3 is 2.26 bits per heavy atom. The summed E-state index contributed by atoms with van der Waals surface area (Å²) >= 11 is 1.41. The molecule has 2 spiro atoms. The van der Waals surface area contributed by atoms with E-state index in [1.807, 2.05) is 42.6 Å². The summed E-state index contributed by atoms with van der Waals surface area (Å²) in [5.41, 5.74) is 2.79. The van der Waals surface area contributed by atoms with Crippen molar-refractivity contribution in [2.45, 2.75) is 63.7 Å². The van der Waals surface area contributed by atoms with Crippen LogP contribution in [0, 0.1) is 19.8 Å². The molecule has 2 saturated carbocycles. The van der Waals surface area contributed by atoms with Crippen LogP contribution in [0.2, 0.25) is 0 Å². The summed E-state index contributed by atoms with van der Waals surface area (Å²) in [6.07, 6.45) is 6.26. The van der Waals surface area contributed by atoms with Crippen molar-refractivity contribution in [1.82, 2.24) is 4.31 Å². The topological polar surface area (TPSA) is 65.1 Å². The lowest BCUT2D eigenvalue weighted by Gasteiger charge is -2.45. The van der Waals surface area contributed by atoms with Gasteiger partial charge in [0.05, 0.1) is 24.7 Å². The van der Waals surface area contributed by atoms with Crippen LogP contribution in [0.15, 0.2) is 24.0 Å². The molecule has 0 aromatic heterocycles. The van der Waals surface area contributed by atoms with E-state index in [1.54, 1.807) is 0 Å². The van der Waals surface area contributed by atoms with E-state index in [1.165, 1.54) is 11.9 Å². The second-order valence-electron chi connectivity index (χ2n) is 9.09. The molecule has 0 atom stereocenters.